The number of benzene rings is 1. The Morgan fingerprint density at radius 1 is 1.38 bits per heavy atom. The lowest BCUT2D eigenvalue weighted by Gasteiger charge is -2.23. The molecule has 1 N–H and O–H groups in total. The summed E-state index contributed by atoms with van der Waals surface area (Å²) in [5.74, 6) is 0.384. The fraction of sp³-hybridized carbons (Fsp3) is 0.556. The molecule has 6 heteroatoms. The van der Waals surface area contributed by atoms with Gasteiger partial charge in [-0.2, -0.15) is 0 Å². The number of halogens is 1. The minimum Gasteiger partial charge on any atom is -0.445 e. The number of carbonyl (C=O) groups is 2. The minimum absolute atomic E-state index is 0. The molecule has 0 aromatic heterocycles. The van der Waals surface area contributed by atoms with Crippen LogP contribution in [0.3, 0.4) is 0 Å². The van der Waals surface area contributed by atoms with Crippen molar-refractivity contribution in [2.45, 2.75) is 39.3 Å². The lowest BCUT2D eigenvalue weighted by atomic mass is 10.1. The highest BCUT2D eigenvalue weighted by molar-refractivity contribution is 5.85. The molecule has 134 valence electrons. The highest BCUT2D eigenvalue weighted by Crippen LogP contribution is 2.13. The van der Waals surface area contributed by atoms with Crippen molar-refractivity contribution >= 4 is 24.3 Å². The van der Waals surface area contributed by atoms with Gasteiger partial charge in [-0.25, -0.2) is 4.79 Å². The molecular formula is C18H27ClN2O3. The summed E-state index contributed by atoms with van der Waals surface area (Å²) in [6.45, 7) is 6.28. The number of amides is 1. The molecule has 1 aromatic carbocycles. The van der Waals surface area contributed by atoms with E-state index in [0.29, 0.717) is 13.1 Å². The third-order valence-corrected chi connectivity index (χ3v) is 4.11. The van der Waals surface area contributed by atoms with E-state index in [4.69, 9.17) is 4.74 Å². The molecule has 1 fully saturated rings. The predicted molar refractivity (Wildman–Crippen MR) is 96.3 cm³/mol. The molecular weight excluding hydrogens is 328 g/mol. The van der Waals surface area contributed by atoms with E-state index in [2.05, 4.69) is 17.1 Å². The first-order chi connectivity index (χ1) is 11.1. The zero-order valence-electron chi connectivity index (χ0n) is 14.4. The largest absolute Gasteiger partial charge is 0.445 e. The number of ketones is 1. The Labute approximate surface area is 150 Å². The van der Waals surface area contributed by atoms with E-state index in [1.807, 2.05) is 37.3 Å². The number of carbonyl (C=O) groups excluding carboxylic acids is 2. The molecule has 1 aromatic rings. The summed E-state index contributed by atoms with van der Waals surface area (Å²) in [6.07, 6.45) is 1.45. The van der Waals surface area contributed by atoms with Gasteiger partial charge in [0.2, 0.25) is 0 Å². The van der Waals surface area contributed by atoms with Crippen LogP contribution in [0.15, 0.2) is 30.3 Å². The number of hydrogen-bond donors (Lipinski definition) is 1. The monoisotopic (exact) mass is 354 g/mol. The van der Waals surface area contributed by atoms with Crippen molar-refractivity contribution in [3.63, 3.8) is 0 Å². The van der Waals surface area contributed by atoms with Gasteiger partial charge in [-0.05, 0) is 12.0 Å². The van der Waals surface area contributed by atoms with E-state index < -0.39 is 6.09 Å². The summed E-state index contributed by atoms with van der Waals surface area (Å²) in [7, 11) is 0. The van der Waals surface area contributed by atoms with Gasteiger partial charge in [-0.3, -0.25) is 9.69 Å². The number of Topliss-reactive ketones (excluding diaryl/α,β-unsaturated/α-hetero) is 1. The van der Waals surface area contributed by atoms with Gasteiger partial charge in [0, 0.05) is 25.0 Å². The predicted octanol–water partition coefficient (Wildman–Crippen LogP) is 3.02. The smallest absolute Gasteiger partial charge is 0.407 e. The maximum Gasteiger partial charge on any atom is 0.407 e. The molecule has 1 amide bonds. The quantitative estimate of drug-likeness (QED) is 0.817. The number of ether oxygens (including phenoxy) is 1. The third kappa shape index (κ3) is 6.49. The van der Waals surface area contributed by atoms with Gasteiger partial charge in [0.1, 0.15) is 6.61 Å². The first-order valence-corrected chi connectivity index (χ1v) is 8.30. The van der Waals surface area contributed by atoms with Crippen LogP contribution in [-0.4, -0.2) is 42.5 Å². The first-order valence-electron chi connectivity index (χ1n) is 8.30. The Bertz CT molecular complexity index is 524. The summed E-state index contributed by atoms with van der Waals surface area (Å²) < 4.78 is 5.28. The van der Waals surface area contributed by atoms with Gasteiger partial charge >= 0.3 is 6.09 Å². The first kappa shape index (κ1) is 20.5. The van der Waals surface area contributed by atoms with Crippen LogP contribution in [0.4, 0.5) is 4.79 Å². The van der Waals surface area contributed by atoms with E-state index in [1.54, 1.807) is 0 Å². The van der Waals surface area contributed by atoms with Crippen LogP contribution in [-0.2, 0) is 16.1 Å². The molecule has 1 aliphatic heterocycles. The van der Waals surface area contributed by atoms with Gasteiger partial charge in [-0.1, -0.05) is 50.6 Å². The minimum atomic E-state index is -0.397. The van der Waals surface area contributed by atoms with Crippen LogP contribution in [0.1, 0.15) is 32.3 Å². The molecule has 1 aliphatic rings. The highest BCUT2D eigenvalue weighted by atomic mass is 35.5. The van der Waals surface area contributed by atoms with Crippen molar-refractivity contribution in [3.05, 3.63) is 35.9 Å². The average molecular weight is 355 g/mol. The molecule has 0 aliphatic carbocycles. The van der Waals surface area contributed by atoms with Crippen molar-refractivity contribution in [3.8, 4) is 0 Å². The van der Waals surface area contributed by atoms with Crippen molar-refractivity contribution < 1.29 is 14.3 Å². The topological polar surface area (TPSA) is 58.6 Å². The van der Waals surface area contributed by atoms with Gasteiger partial charge in [0.15, 0.2) is 5.78 Å². The molecule has 1 unspecified atom stereocenters. The number of likely N-dealkylation sites (tertiary alicyclic amines) is 1. The van der Waals surface area contributed by atoms with Crippen LogP contribution in [0.5, 0.6) is 0 Å². The average Bonchev–Trinajstić information content (AvgIpc) is 2.84. The van der Waals surface area contributed by atoms with E-state index in [9.17, 15) is 9.59 Å². The summed E-state index contributed by atoms with van der Waals surface area (Å²) >= 11 is 0. The second-order valence-corrected chi connectivity index (χ2v) is 6.25. The molecule has 2 atom stereocenters. The third-order valence-electron chi connectivity index (χ3n) is 4.11. The van der Waals surface area contributed by atoms with E-state index in [0.717, 1.165) is 24.9 Å². The maximum atomic E-state index is 12.0. The Morgan fingerprint density at radius 3 is 2.67 bits per heavy atom. The van der Waals surface area contributed by atoms with Gasteiger partial charge in [0.25, 0.3) is 0 Å². The second kappa shape index (κ2) is 10.3. The van der Waals surface area contributed by atoms with Crippen molar-refractivity contribution in [2.24, 2.45) is 5.92 Å². The Kier molecular flexibility index (Phi) is 8.79. The lowest BCUT2D eigenvalue weighted by Crippen LogP contribution is -2.43. The molecule has 0 spiro atoms. The van der Waals surface area contributed by atoms with Crippen LogP contribution < -0.4 is 5.32 Å². The molecule has 0 radical (unpaired) electrons. The van der Waals surface area contributed by atoms with E-state index in [-0.39, 0.29) is 36.8 Å². The van der Waals surface area contributed by atoms with Crippen molar-refractivity contribution in [1.29, 1.82) is 0 Å². The molecule has 5 nitrogen and oxygen atoms in total. The zero-order valence-corrected chi connectivity index (χ0v) is 15.2. The zero-order chi connectivity index (χ0) is 16.7. The van der Waals surface area contributed by atoms with Gasteiger partial charge in [0.05, 0.1) is 6.54 Å². The summed E-state index contributed by atoms with van der Waals surface area (Å²) in [5.41, 5.74) is 0.966. The normalized spacial score (nSPS) is 18.8. The fourth-order valence-corrected chi connectivity index (χ4v) is 2.87. The molecule has 24 heavy (non-hydrogen) atoms. The molecule has 2 rings (SSSR count). The van der Waals surface area contributed by atoms with Gasteiger partial charge in [-0.15, -0.1) is 12.4 Å². The Balaban J connectivity index is 0.00000288. The SMILES string of the molecule is CCC[C@@H](CN1CC(=O)C(C)C1)NC(=O)OCc1ccccc1.Cl. The maximum absolute atomic E-state index is 12.0. The summed E-state index contributed by atoms with van der Waals surface area (Å²) in [4.78, 5) is 25.8. The number of nitrogens with zero attached hydrogens (tertiary/aromatic N) is 1. The van der Waals surface area contributed by atoms with Crippen molar-refractivity contribution in [1.82, 2.24) is 10.2 Å². The van der Waals surface area contributed by atoms with Crippen molar-refractivity contribution in [2.75, 3.05) is 19.6 Å². The standard InChI is InChI=1S/C18H26N2O3.ClH/c1-3-7-16(11-20-10-14(2)17(21)12-20)19-18(22)23-13-15-8-5-4-6-9-15;/h4-6,8-9,14,16H,3,7,10-13H2,1-2H3,(H,19,22);1H/t14?,16-;/m0./s1. The number of hydrogen-bond acceptors (Lipinski definition) is 4. The number of nitrogens with one attached hydrogen (secondary N) is 1. The summed E-state index contributed by atoms with van der Waals surface area (Å²) in [5, 5.41) is 2.93. The van der Waals surface area contributed by atoms with Crippen LogP contribution in [0.25, 0.3) is 0 Å². The van der Waals surface area contributed by atoms with E-state index in [1.165, 1.54) is 0 Å². The van der Waals surface area contributed by atoms with E-state index >= 15 is 0 Å². The fourth-order valence-electron chi connectivity index (χ4n) is 2.87. The van der Waals surface area contributed by atoms with Gasteiger partial charge < -0.3 is 10.1 Å². The lowest BCUT2D eigenvalue weighted by molar-refractivity contribution is -0.119. The highest BCUT2D eigenvalue weighted by Gasteiger charge is 2.28. The van der Waals surface area contributed by atoms with Crippen LogP contribution >= 0.6 is 12.4 Å². The second-order valence-electron chi connectivity index (χ2n) is 6.25. The summed E-state index contributed by atoms with van der Waals surface area (Å²) in [6, 6.07) is 9.63. The number of alkyl carbamates (subject to hydrolysis) is 1. The Morgan fingerprint density at radius 2 is 2.08 bits per heavy atom. The molecule has 0 bridgehead atoms. The molecule has 0 saturated carbocycles. The van der Waals surface area contributed by atoms with Crippen LogP contribution in [0.2, 0.25) is 0 Å². The molecule has 1 heterocycles. The number of rotatable bonds is 7. The Hall–Kier alpha value is -1.59. The molecule has 1 saturated heterocycles. The van der Waals surface area contributed by atoms with Crippen LogP contribution in [0, 0.1) is 5.92 Å².